The molecule has 1 aromatic heterocycles. The Balaban J connectivity index is 1.60. The number of aromatic nitrogens is 2. The highest BCUT2D eigenvalue weighted by Gasteiger charge is 2.35. The molecule has 1 aliphatic carbocycles. The molecule has 0 spiro atoms. The third-order valence-corrected chi connectivity index (χ3v) is 5.32. The molecule has 0 saturated heterocycles. The summed E-state index contributed by atoms with van der Waals surface area (Å²) in [6, 6.07) is 8.92. The number of carbonyl (C=O) groups is 2. The first-order valence-corrected chi connectivity index (χ1v) is 8.79. The molecule has 1 saturated carbocycles. The van der Waals surface area contributed by atoms with Crippen LogP contribution in [0.25, 0.3) is 0 Å². The fourth-order valence-electron chi connectivity index (χ4n) is 3.93. The van der Waals surface area contributed by atoms with E-state index < -0.39 is 12.0 Å². The Morgan fingerprint density at radius 1 is 1.08 bits per heavy atom. The Morgan fingerprint density at radius 2 is 1.80 bits per heavy atom. The average molecular weight is 339 g/mol. The number of carbonyl (C=O) groups excluding carboxylic acids is 1. The van der Waals surface area contributed by atoms with Crippen LogP contribution in [0, 0.1) is 0 Å². The van der Waals surface area contributed by atoms with Crippen LogP contribution in [0.2, 0.25) is 0 Å². The van der Waals surface area contributed by atoms with Gasteiger partial charge in [-0.2, -0.15) is 5.10 Å². The molecular formula is C19H21N3O3. The highest BCUT2D eigenvalue weighted by atomic mass is 16.4. The molecule has 130 valence electrons. The number of rotatable bonds is 3. The quantitative estimate of drug-likeness (QED) is 0.933. The second-order valence-electron chi connectivity index (χ2n) is 6.88. The predicted molar refractivity (Wildman–Crippen MR) is 91.2 cm³/mol. The largest absolute Gasteiger partial charge is 0.480 e. The van der Waals surface area contributed by atoms with Crippen LogP contribution in [-0.2, 0) is 17.8 Å². The Bertz CT molecular complexity index is 808. The van der Waals surface area contributed by atoms with Gasteiger partial charge in [-0.3, -0.25) is 9.48 Å². The van der Waals surface area contributed by atoms with E-state index in [0.29, 0.717) is 24.7 Å². The summed E-state index contributed by atoms with van der Waals surface area (Å²) in [5.41, 5.74) is 2.33. The Labute approximate surface area is 146 Å². The molecular weight excluding hydrogens is 318 g/mol. The van der Waals surface area contributed by atoms with Gasteiger partial charge in [0.05, 0.1) is 6.04 Å². The van der Waals surface area contributed by atoms with Crippen LogP contribution >= 0.6 is 0 Å². The minimum atomic E-state index is -0.974. The van der Waals surface area contributed by atoms with E-state index in [0.717, 1.165) is 24.0 Å². The topological polar surface area (TPSA) is 75.4 Å². The first-order valence-electron chi connectivity index (χ1n) is 8.79. The van der Waals surface area contributed by atoms with Gasteiger partial charge in [-0.25, -0.2) is 4.79 Å². The number of hydrogen-bond acceptors (Lipinski definition) is 3. The van der Waals surface area contributed by atoms with Crippen molar-refractivity contribution in [1.82, 2.24) is 14.7 Å². The smallest absolute Gasteiger partial charge is 0.326 e. The number of fused-ring (bicyclic) bond motifs is 1. The Hall–Kier alpha value is -2.63. The van der Waals surface area contributed by atoms with Crippen molar-refractivity contribution in [2.45, 2.75) is 50.7 Å². The molecule has 2 heterocycles. The first kappa shape index (κ1) is 15.9. The van der Waals surface area contributed by atoms with E-state index in [1.165, 1.54) is 17.7 Å². The lowest BCUT2D eigenvalue weighted by molar-refractivity contribution is -0.142. The van der Waals surface area contributed by atoms with Crippen molar-refractivity contribution in [2.24, 2.45) is 0 Å². The zero-order valence-corrected chi connectivity index (χ0v) is 14.0. The molecule has 1 unspecified atom stereocenters. The molecule has 1 atom stereocenters. The number of carboxylic acids is 1. The molecule has 25 heavy (non-hydrogen) atoms. The van der Waals surface area contributed by atoms with E-state index in [1.54, 1.807) is 6.07 Å². The van der Waals surface area contributed by atoms with Gasteiger partial charge < -0.3 is 10.0 Å². The van der Waals surface area contributed by atoms with Gasteiger partial charge in [0, 0.05) is 19.2 Å². The summed E-state index contributed by atoms with van der Waals surface area (Å²) in [6.45, 7) is 0.308. The van der Waals surface area contributed by atoms with E-state index in [9.17, 15) is 14.7 Å². The normalized spacial score (nSPS) is 20.5. The molecule has 1 amide bonds. The van der Waals surface area contributed by atoms with E-state index >= 15 is 0 Å². The highest BCUT2D eigenvalue weighted by molar-refractivity contribution is 5.95. The maximum atomic E-state index is 12.9. The monoisotopic (exact) mass is 339 g/mol. The summed E-state index contributed by atoms with van der Waals surface area (Å²) < 4.78 is 1.87. The van der Waals surface area contributed by atoms with Crippen LogP contribution in [0.5, 0.6) is 0 Å². The summed E-state index contributed by atoms with van der Waals surface area (Å²) in [6.07, 6.45) is 6.74. The van der Waals surface area contributed by atoms with Gasteiger partial charge in [0.2, 0.25) is 0 Å². The van der Waals surface area contributed by atoms with Crippen molar-refractivity contribution >= 4 is 11.9 Å². The molecule has 6 heteroatoms. The zero-order valence-electron chi connectivity index (χ0n) is 14.0. The van der Waals surface area contributed by atoms with Gasteiger partial charge in [-0.1, -0.05) is 37.1 Å². The maximum Gasteiger partial charge on any atom is 0.326 e. The van der Waals surface area contributed by atoms with Crippen LogP contribution in [-0.4, -0.2) is 37.7 Å². The van der Waals surface area contributed by atoms with Crippen LogP contribution < -0.4 is 0 Å². The summed E-state index contributed by atoms with van der Waals surface area (Å²) in [7, 11) is 0. The molecule has 1 aliphatic heterocycles. The van der Waals surface area contributed by atoms with Crippen molar-refractivity contribution in [3.63, 3.8) is 0 Å². The van der Waals surface area contributed by atoms with E-state index in [4.69, 9.17) is 0 Å². The van der Waals surface area contributed by atoms with Gasteiger partial charge in [-0.05, 0) is 30.0 Å². The van der Waals surface area contributed by atoms with Gasteiger partial charge in [-0.15, -0.1) is 0 Å². The van der Waals surface area contributed by atoms with Crippen LogP contribution in [0.1, 0.15) is 53.3 Å². The Kier molecular flexibility index (Phi) is 4.03. The van der Waals surface area contributed by atoms with E-state index in [2.05, 4.69) is 5.10 Å². The number of amides is 1. The van der Waals surface area contributed by atoms with Crippen LogP contribution in [0.4, 0.5) is 0 Å². The van der Waals surface area contributed by atoms with E-state index in [1.807, 2.05) is 35.1 Å². The van der Waals surface area contributed by atoms with Crippen molar-refractivity contribution < 1.29 is 14.7 Å². The molecule has 2 aliphatic rings. The summed E-state index contributed by atoms with van der Waals surface area (Å²) >= 11 is 0. The van der Waals surface area contributed by atoms with Crippen LogP contribution in [0.15, 0.2) is 36.5 Å². The van der Waals surface area contributed by atoms with Crippen molar-refractivity contribution in [3.05, 3.63) is 53.3 Å². The SMILES string of the molecule is O=C(O)C1Cc2ccccc2CN1C(=O)c1ccn(C2CCCC2)n1. The number of carboxylic acid groups (broad SMARTS) is 1. The Morgan fingerprint density at radius 3 is 2.52 bits per heavy atom. The number of benzene rings is 1. The van der Waals surface area contributed by atoms with E-state index in [-0.39, 0.29) is 5.91 Å². The average Bonchev–Trinajstić information content (AvgIpc) is 3.31. The molecule has 4 rings (SSSR count). The predicted octanol–water partition coefficient (Wildman–Crippen LogP) is 2.65. The standard InChI is InChI=1S/C19H21N3O3/c23-18(16-9-10-22(20-16)15-7-3-4-8-15)21-12-14-6-2-1-5-13(14)11-17(21)19(24)25/h1-2,5-6,9-10,15,17H,3-4,7-8,11-12H2,(H,24,25). The minimum Gasteiger partial charge on any atom is -0.480 e. The molecule has 0 bridgehead atoms. The summed E-state index contributed by atoms with van der Waals surface area (Å²) in [5.74, 6) is -1.28. The lowest BCUT2D eigenvalue weighted by Gasteiger charge is -2.34. The number of hydrogen-bond donors (Lipinski definition) is 1. The molecule has 1 N–H and O–H groups in total. The highest BCUT2D eigenvalue weighted by Crippen LogP contribution is 2.29. The second kappa shape index (κ2) is 6.35. The summed E-state index contributed by atoms with van der Waals surface area (Å²) in [5, 5.41) is 14.0. The minimum absolute atomic E-state index is 0.307. The fraction of sp³-hybridized carbons (Fsp3) is 0.421. The third kappa shape index (κ3) is 2.92. The van der Waals surface area contributed by atoms with Gasteiger partial charge in [0.25, 0.3) is 5.91 Å². The molecule has 1 aromatic carbocycles. The number of nitrogens with zero attached hydrogens (tertiary/aromatic N) is 3. The third-order valence-electron chi connectivity index (χ3n) is 5.32. The molecule has 6 nitrogen and oxygen atoms in total. The number of aliphatic carboxylic acids is 1. The second-order valence-corrected chi connectivity index (χ2v) is 6.88. The molecule has 1 fully saturated rings. The maximum absolute atomic E-state index is 12.9. The van der Waals surface area contributed by atoms with Gasteiger partial charge in [0.15, 0.2) is 0 Å². The molecule has 0 radical (unpaired) electrons. The van der Waals surface area contributed by atoms with Crippen molar-refractivity contribution in [3.8, 4) is 0 Å². The van der Waals surface area contributed by atoms with Crippen molar-refractivity contribution in [1.29, 1.82) is 0 Å². The lowest BCUT2D eigenvalue weighted by atomic mass is 9.93. The lowest BCUT2D eigenvalue weighted by Crippen LogP contribution is -2.48. The zero-order chi connectivity index (χ0) is 17.4. The van der Waals surface area contributed by atoms with Crippen molar-refractivity contribution in [2.75, 3.05) is 0 Å². The van der Waals surface area contributed by atoms with Crippen LogP contribution in [0.3, 0.4) is 0 Å². The van der Waals surface area contributed by atoms with Gasteiger partial charge >= 0.3 is 5.97 Å². The summed E-state index contributed by atoms with van der Waals surface area (Å²) in [4.78, 5) is 26.1. The fourth-order valence-corrected chi connectivity index (χ4v) is 3.93. The first-order chi connectivity index (χ1) is 12.1. The van der Waals surface area contributed by atoms with Gasteiger partial charge in [0.1, 0.15) is 11.7 Å². The molecule has 2 aromatic rings.